The summed E-state index contributed by atoms with van der Waals surface area (Å²) in [6.45, 7) is 7.57. The summed E-state index contributed by atoms with van der Waals surface area (Å²) in [5.74, 6) is -0.578. The van der Waals surface area contributed by atoms with Crippen LogP contribution in [0, 0.1) is 20.8 Å². The molecular weight excluding hydrogens is 558 g/mol. The fraction of sp³-hybridized carbons (Fsp3) is 0.429. The summed E-state index contributed by atoms with van der Waals surface area (Å²) in [6.07, 6.45) is 6.20. The molecule has 0 spiro atoms. The van der Waals surface area contributed by atoms with E-state index in [9.17, 15) is 18.0 Å². The smallest absolute Gasteiger partial charge is 0.264 e. The molecule has 0 aliphatic heterocycles. The van der Waals surface area contributed by atoms with E-state index in [2.05, 4.69) is 5.32 Å². The van der Waals surface area contributed by atoms with Crippen LogP contribution in [0.1, 0.15) is 67.7 Å². The van der Waals surface area contributed by atoms with Crippen molar-refractivity contribution >= 4 is 27.5 Å². The number of nitrogens with zero attached hydrogens (tertiary/aromatic N) is 2. The molecular formula is C35H45N3O4S. The zero-order valence-electron chi connectivity index (χ0n) is 25.9. The number of aryl methyl sites for hydroxylation is 3. The van der Waals surface area contributed by atoms with Crippen molar-refractivity contribution in [2.75, 3.05) is 17.4 Å². The summed E-state index contributed by atoms with van der Waals surface area (Å²) in [5, 5.41) is 3.20. The van der Waals surface area contributed by atoms with Gasteiger partial charge in [-0.15, -0.1) is 0 Å². The van der Waals surface area contributed by atoms with E-state index >= 15 is 0 Å². The normalized spacial score (nSPS) is 14.6. The standard InChI is InChI=1S/C35H45N3O4S/c1-5-33(35(40)36-30-14-10-7-11-15-30)37(23-22-29-12-8-6-9-13-29)34(39)25-38(31-19-18-27(3)28(4)24-31)43(41,42)32-20-16-26(2)17-21-32/h6,8-9,12-13,16-21,24,30,33H,5,7,10-11,14-15,22-23,25H2,1-4H3,(H,36,40)/t33-/m0/s1. The molecule has 8 heteroatoms. The number of anilines is 1. The van der Waals surface area contributed by atoms with E-state index in [1.54, 1.807) is 41.3 Å². The number of hydrogen-bond acceptors (Lipinski definition) is 4. The van der Waals surface area contributed by atoms with Gasteiger partial charge in [0.15, 0.2) is 0 Å². The second kappa shape index (κ2) is 14.7. The van der Waals surface area contributed by atoms with Crippen LogP contribution in [0.3, 0.4) is 0 Å². The maximum Gasteiger partial charge on any atom is 0.264 e. The van der Waals surface area contributed by atoms with Gasteiger partial charge in [0.1, 0.15) is 12.6 Å². The topological polar surface area (TPSA) is 86.8 Å². The number of carbonyl (C=O) groups is 2. The SMILES string of the molecule is CC[C@@H](C(=O)NC1CCCCC1)N(CCc1ccccc1)C(=O)CN(c1ccc(C)c(C)c1)S(=O)(=O)c1ccc(C)cc1. The van der Waals surface area contributed by atoms with Crippen LogP contribution >= 0.6 is 0 Å². The summed E-state index contributed by atoms with van der Waals surface area (Å²) in [6, 6.07) is 21.3. The first-order valence-electron chi connectivity index (χ1n) is 15.4. The Hall–Kier alpha value is -3.65. The lowest BCUT2D eigenvalue weighted by Gasteiger charge is -2.34. The minimum absolute atomic E-state index is 0.107. The van der Waals surface area contributed by atoms with Crippen molar-refractivity contribution in [2.45, 2.75) is 89.6 Å². The molecule has 0 radical (unpaired) electrons. The van der Waals surface area contributed by atoms with E-state index in [0.29, 0.717) is 25.1 Å². The number of carbonyl (C=O) groups excluding carboxylic acids is 2. The average molecular weight is 604 g/mol. The zero-order chi connectivity index (χ0) is 31.0. The van der Waals surface area contributed by atoms with E-state index in [0.717, 1.165) is 47.9 Å². The Morgan fingerprint density at radius 2 is 1.56 bits per heavy atom. The third-order valence-corrected chi connectivity index (χ3v) is 10.3. The number of rotatable bonds is 12. The van der Waals surface area contributed by atoms with Crippen LogP contribution < -0.4 is 9.62 Å². The van der Waals surface area contributed by atoms with Crippen LogP contribution in [0.2, 0.25) is 0 Å². The van der Waals surface area contributed by atoms with Gasteiger partial charge in [0.05, 0.1) is 10.6 Å². The van der Waals surface area contributed by atoms with Crippen molar-refractivity contribution in [1.29, 1.82) is 0 Å². The molecule has 7 nitrogen and oxygen atoms in total. The molecule has 0 saturated heterocycles. The van der Waals surface area contributed by atoms with Gasteiger partial charge in [0, 0.05) is 12.6 Å². The molecule has 1 atom stereocenters. The van der Waals surface area contributed by atoms with Crippen molar-refractivity contribution in [1.82, 2.24) is 10.2 Å². The molecule has 0 heterocycles. The average Bonchev–Trinajstić information content (AvgIpc) is 3.00. The fourth-order valence-corrected chi connectivity index (χ4v) is 7.09. The van der Waals surface area contributed by atoms with Gasteiger partial charge in [0.2, 0.25) is 11.8 Å². The van der Waals surface area contributed by atoms with Gasteiger partial charge in [-0.2, -0.15) is 0 Å². The van der Waals surface area contributed by atoms with Crippen LogP contribution in [0.5, 0.6) is 0 Å². The lowest BCUT2D eigenvalue weighted by Crippen LogP contribution is -2.54. The maximum absolute atomic E-state index is 14.3. The molecule has 2 amide bonds. The van der Waals surface area contributed by atoms with Gasteiger partial charge in [-0.25, -0.2) is 8.42 Å². The van der Waals surface area contributed by atoms with Gasteiger partial charge in [-0.05, 0) is 87.4 Å². The molecule has 1 N–H and O–H groups in total. The van der Waals surface area contributed by atoms with Gasteiger partial charge >= 0.3 is 0 Å². The van der Waals surface area contributed by atoms with E-state index in [1.165, 1.54) is 10.7 Å². The quantitative estimate of drug-likeness (QED) is 0.271. The molecule has 3 aromatic rings. The summed E-state index contributed by atoms with van der Waals surface area (Å²) in [5.41, 5.74) is 4.35. The molecule has 230 valence electrons. The summed E-state index contributed by atoms with van der Waals surface area (Å²) in [7, 11) is -4.09. The molecule has 3 aromatic carbocycles. The molecule has 1 aliphatic carbocycles. The van der Waals surface area contributed by atoms with Gasteiger partial charge in [-0.1, -0.05) is 80.3 Å². The minimum Gasteiger partial charge on any atom is -0.352 e. The predicted molar refractivity (Wildman–Crippen MR) is 173 cm³/mol. The fourth-order valence-electron chi connectivity index (χ4n) is 5.69. The Kier molecular flexibility index (Phi) is 11.0. The molecule has 43 heavy (non-hydrogen) atoms. The lowest BCUT2D eigenvalue weighted by atomic mass is 9.95. The largest absolute Gasteiger partial charge is 0.352 e. The Bertz CT molecular complexity index is 1480. The van der Waals surface area contributed by atoms with Crippen LogP contribution in [0.25, 0.3) is 0 Å². The molecule has 0 unspecified atom stereocenters. The number of sulfonamides is 1. The highest BCUT2D eigenvalue weighted by atomic mass is 32.2. The molecule has 4 rings (SSSR count). The summed E-state index contributed by atoms with van der Waals surface area (Å²) >= 11 is 0. The first kappa shape index (κ1) is 32.3. The molecule has 1 fully saturated rings. The van der Waals surface area contributed by atoms with Gasteiger partial charge < -0.3 is 10.2 Å². The third kappa shape index (κ3) is 8.25. The van der Waals surface area contributed by atoms with Crippen molar-refractivity contribution in [3.63, 3.8) is 0 Å². The van der Waals surface area contributed by atoms with E-state index < -0.39 is 28.5 Å². The molecule has 1 saturated carbocycles. The maximum atomic E-state index is 14.3. The van der Waals surface area contributed by atoms with E-state index in [4.69, 9.17) is 0 Å². The number of benzene rings is 3. The van der Waals surface area contributed by atoms with Crippen LogP contribution in [0.4, 0.5) is 5.69 Å². The lowest BCUT2D eigenvalue weighted by molar-refractivity contribution is -0.140. The highest BCUT2D eigenvalue weighted by Crippen LogP contribution is 2.27. The Morgan fingerprint density at radius 1 is 0.884 bits per heavy atom. The predicted octanol–water partition coefficient (Wildman–Crippen LogP) is 6.11. The number of nitrogens with one attached hydrogen (secondary N) is 1. The van der Waals surface area contributed by atoms with E-state index in [1.807, 2.05) is 64.1 Å². The second-order valence-corrected chi connectivity index (χ2v) is 13.5. The Balaban J connectivity index is 1.68. The van der Waals surface area contributed by atoms with Crippen molar-refractivity contribution in [3.8, 4) is 0 Å². The molecule has 1 aliphatic rings. The molecule has 0 bridgehead atoms. The zero-order valence-corrected chi connectivity index (χ0v) is 26.7. The summed E-state index contributed by atoms with van der Waals surface area (Å²) < 4.78 is 29.4. The monoisotopic (exact) mass is 603 g/mol. The van der Waals surface area contributed by atoms with Crippen molar-refractivity contribution in [3.05, 3.63) is 95.1 Å². The third-order valence-electron chi connectivity index (χ3n) is 8.49. The van der Waals surface area contributed by atoms with Crippen molar-refractivity contribution in [2.24, 2.45) is 0 Å². The van der Waals surface area contributed by atoms with Crippen molar-refractivity contribution < 1.29 is 18.0 Å². The summed E-state index contributed by atoms with van der Waals surface area (Å²) in [4.78, 5) is 29.6. The van der Waals surface area contributed by atoms with Gasteiger partial charge in [0.25, 0.3) is 10.0 Å². The number of hydrogen-bond donors (Lipinski definition) is 1. The highest BCUT2D eigenvalue weighted by molar-refractivity contribution is 7.92. The van der Waals surface area contributed by atoms with Crippen LogP contribution in [-0.2, 0) is 26.0 Å². The Labute approximate surface area is 257 Å². The van der Waals surface area contributed by atoms with Gasteiger partial charge in [-0.3, -0.25) is 13.9 Å². The van der Waals surface area contributed by atoms with Crippen LogP contribution in [0.15, 0.2) is 77.7 Å². The second-order valence-electron chi connectivity index (χ2n) is 11.7. The Morgan fingerprint density at radius 3 is 2.19 bits per heavy atom. The number of amides is 2. The first-order valence-corrected chi connectivity index (χ1v) is 16.8. The van der Waals surface area contributed by atoms with E-state index in [-0.39, 0.29) is 16.8 Å². The molecule has 0 aromatic heterocycles. The first-order chi connectivity index (χ1) is 20.6. The minimum atomic E-state index is -4.09. The van der Waals surface area contributed by atoms with Crippen LogP contribution in [-0.4, -0.2) is 50.3 Å². The highest BCUT2D eigenvalue weighted by Gasteiger charge is 2.34.